The van der Waals surface area contributed by atoms with E-state index in [1.165, 1.54) is 11.8 Å². The second-order valence-electron chi connectivity index (χ2n) is 6.97. The minimum absolute atomic E-state index is 0.00544. The molecule has 1 unspecified atom stereocenters. The van der Waals surface area contributed by atoms with Gasteiger partial charge in [-0.15, -0.1) is 0 Å². The Labute approximate surface area is 149 Å². The Morgan fingerprint density at radius 1 is 1.29 bits per heavy atom. The Morgan fingerprint density at radius 2 is 2.00 bits per heavy atom. The topological polar surface area (TPSA) is 102 Å². The molecule has 0 radical (unpaired) electrons. The molecule has 4 N–H and O–H groups in total. The number of hydrogen-bond donors (Lipinski definition) is 4. The van der Waals surface area contributed by atoms with Gasteiger partial charge in [0.25, 0.3) is 0 Å². The fraction of sp³-hybridized carbons (Fsp3) is 0.867. The van der Waals surface area contributed by atoms with Gasteiger partial charge in [0.1, 0.15) is 0 Å². The minimum Gasteiger partial charge on any atom is -0.350 e. The summed E-state index contributed by atoms with van der Waals surface area (Å²) in [5.41, 5.74) is 0.0295. The first kappa shape index (κ1) is 21.6. The van der Waals surface area contributed by atoms with Crippen molar-refractivity contribution in [2.45, 2.75) is 51.6 Å². The molecule has 0 spiro atoms. The van der Waals surface area contributed by atoms with E-state index < -0.39 is 8.38 Å². The van der Waals surface area contributed by atoms with Gasteiger partial charge in [-0.25, -0.2) is 0 Å². The van der Waals surface area contributed by atoms with Gasteiger partial charge in [-0.3, -0.25) is 14.5 Å². The van der Waals surface area contributed by atoms with Gasteiger partial charge in [0.2, 0.25) is 11.8 Å². The monoisotopic (exact) mass is 379 g/mol. The number of thioether (sulfide) groups is 1. The van der Waals surface area contributed by atoms with Crippen molar-refractivity contribution in [2.24, 2.45) is 0 Å². The maximum absolute atomic E-state index is 12.4. The van der Waals surface area contributed by atoms with Crippen LogP contribution in [0.3, 0.4) is 0 Å². The summed E-state index contributed by atoms with van der Waals surface area (Å²) in [5, 5.41) is 5.56. The molecule has 1 atom stereocenters. The maximum atomic E-state index is 12.4. The molecule has 1 heterocycles. The SMILES string of the molecule is CC(C)(C)NC(=O)CNC(=O)C1CCCCN1CCSCP(O)O. The van der Waals surface area contributed by atoms with Gasteiger partial charge in [-0.2, -0.15) is 11.8 Å². The molecule has 2 amide bonds. The van der Waals surface area contributed by atoms with Crippen molar-refractivity contribution >= 4 is 32.0 Å². The number of nitrogens with one attached hydrogen (secondary N) is 2. The first-order valence-corrected chi connectivity index (χ1v) is 10.8. The number of piperidine rings is 1. The smallest absolute Gasteiger partial charge is 0.239 e. The van der Waals surface area contributed by atoms with Crippen LogP contribution in [0, 0.1) is 0 Å². The molecule has 0 aromatic carbocycles. The fourth-order valence-corrected chi connectivity index (χ4v) is 4.16. The van der Waals surface area contributed by atoms with Crippen molar-refractivity contribution < 1.29 is 19.4 Å². The van der Waals surface area contributed by atoms with Crippen LogP contribution in [0.15, 0.2) is 0 Å². The molecule has 0 aromatic heterocycles. The summed E-state index contributed by atoms with van der Waals surface area (Å²) < 4.78 is 0. The van der Waals surface area contributed by atoms with Gasteiger partial charge >= 0.3 is 0 Å². The quantitative estimate of drug-likeness (QED) is 0.369. The van der Waals surface area contributed by atoms with Crippen LogP contribution in [0.2, 0.25) is 0 Å². The molecule has 0 aliphatic carbocycles. The molecule has 24 heavy (non-hydrogen) atoms. The van der Waals surface area contributed by atoms with Crippen molar-refractivity contribution in [3.05, 3.63) is 0 Å². The predicted molar refractivity (Wildman–Crippen MR) is 98.8 cm³/mol. The molecule has 1 rings (SSSR count). The molecule has 9 heteroatoms. The Morgan fingerprint density at radius 3 is 2.62 bits per heavy atom. The Kier molecular flexibility index (Phi) is 9.52. The summed E-state index contributed by atoms with van der Waals surface area (Å²) >= 11 is 1.48. The summed E-state index contributed by atoms with van der Waals surface area (Å²) in [6.07, 6.45) is 2.87. The molecule has 1 saturated heterocycles. The second-order valence-corrected chi connectivity index (χ2v) is 9.57. The van der Waals surface area contributed by atoms with E-state index >= 15 is 0 Å². The molecule has 1 fully saturated rings. The first-order chi connectivity index (χ1) is 11.2. The van der Waals surface area contributed by atoms with Crippen LogP contribution in [0.1, 0.15) is 40.0 Å². The van der Waals surface area contributed by atoms with E-state index in [9.17, 15) is 9.59 Å². The number of amides is 2. The van der Waals surface area contributed by atoms with Crippen molar-refractivity contribution in [1.29, 1.82) is 0 Å². The number of carbonyl (C=O) groups excluding carboxylic acids is 2. The Hall–Kier alpha value is -0.400. The molecule has 1 aliphatic rings. The lowest BCUT2D eigenvalue weighted by Gasteiger charge is -2.34. The van der Waals surface area contributed by atoms with E-state index in [0.717, 1.165) is 38.1 Å². The van der Waals surface area contributed by atoms with E-state index in [1.807, 2.05) is 20.8 Å². The van der Waals surface area contributed by atoms with Crippen molar-refractivity contribution in [2.75, 3.05) is 30.9 Å². The average Bonchev–Trinajstić information content (AvgIpc) is 2.47. The second kappa shape index (κ2) is 10.6. The lowest BCUT2D eigenvalue weighted by Crippen LogP contribution is -2.52. The molecule has 0 aromatic rings. The number of hydrogen-bond acceptors (Lipinski definition) is 6. The number of rotatable bonds is 8. The summed E-state index contributed by atoms with van der Waals surface area (Å²) in [4.78, 5) is 44.2. The summed E-state index contributed by atoms with van der Waals surface area (Å²) in [7, 11) is -1.86. The third-order valence-electron chi connectivity index (χ3n) is 3.58. The van der Waals surface area contributed by atoms with Crippen LogP contribution in [0.25, 0.3) is 0 Å². The highest BCUT2D eigenvalue weighted by Crippen LogP contribution is 2.29. The summed E-state index contributed by atoms with van der Waals surface area (Å²) in [6, 6.07) is -0.202. The van der Waals surface area contributed by atoms with Gasteiger partial charge in [0, 0.05) is 17.8 Å². The Bertz CT molecular complexity index is 418. The van der Waals surface area contributed by atoms with E-state index in [2.05, 4.69) is 15.5 Å². The summed E-state index contributed by atoms with van der Waals surface area (Å²) in [6.45, 7) is 7.29. The van der Waals surface area contributed by atoms with Crippen LogP contribution in [0.4, 0.5) is 0 Å². The number of likely N-dealkylation sites (tertiary alicyclic amines) is 1. The highest BCUT2D eigenvalue weighted by atomic mass is 32.2. The minimum atomic E-state index is -1.86. The van der Waals surface area contributed by atoms with Crippen LogP contribution in [-0.4, -0.2) is 69.0 Å². The first-order valence-electron chi connectivity index (χ1n) is 8.25. The third-order valence-corrected chi connectivity index (χ3v) is 5.71. The van der Waals surface area contributed by atoms with Gasteiger partial charge in [0.15, 0.2) is 8.38 Å². The van der Waals surface area contributed by atoms with Gasteiger partial charge in [-0.1, -0.05) is 6.42 Å². The maximum Gasteiger partial charge on any atom is 0.239 e. The van der Waals surface area contributed by atoms with Gasteiger partial charge in [-0.05, 0) is 40.2 Å². The zero-order valence-corrected chi connectivity index (χ0v) is 16.5. The van der Waals surface area contributed by atoms with E-state index in [0.29, 0.717) is 5.49 Å². The standard InChI is InChI=1S/C15H30N3O4PS/c1-15(2,3)17-13(19)10-16-14(20)12-6-4-5-7-18(12)8-9-24-11-23(21)22/h12,21-22H,4-11H2,1-3H3,(H,16,20)(H,17,19). The predicted octanol–water partition coefficient (Wildman–Crippen LogP) is 0.859. The number of carbonyl (C=O) groups is 2. The Balaban J connectivity index is 2.40. The summed E-state index contributed by atoms with van der Waals surface area (Å²) in [5.74, 6) is 0.470. The zero-order chi connectivity index (χ0) is 18.2. The van der Waals surface area contributed by atoms with Crippen molar-refractivity contribution in [1.82, 2.24) is 15.5 Å². The highest BCUT2D eigenvalue weighted by Gasteiger charge is 2.28. The normalized spacial score (nSPS) is 19.3. The van der Waals surface area contributed by atoms with Crippen LogP contribution in [-0.2, 0) is 9.59 Å². The molecule has 140 valence electrons. The van der Waals surface area contributed by atoms with Gasteiger partial charge in [0.05, 0.1) is 18.1 Å². The molecular formula is C15H30N3O4PS. The van der Waals surface area contributed by atoms with Crippen LogP contribution < -0.4 is 10.6 Å². The average molecular weight is 379 g/mol. The lowest BCUT2D eigenvalue weighted by molar-refractivity contribution is -0.130. The van der Waals surface area contributed by atoms with E-state index in [4.69, 9.17) is 9.79 Å². The van der Waals surface area contributed by atoms with Crippen LogP contribution in [0.5, 0.6) is 0 Å². The zero-order valence-electron chi connectivity index (χ0n) is 14.7. The van der Waals surface area contributed by atoms with Gasteiger partial charge < -0.3 is 20.4 Å². The van der Waals surface area contributed by atoms with E-state index in [1.54, 1.807) is 0 Å². The molecule has 7 nitrogen and oxygen atoms in total. The highest BCUT2D eigenvalue weighted by molar-refractivity contribution is 8.03. The molecule has 0 bridgehead atoms. The van der Waals surface area contributed by atoms with Crippen molar-refractivity contribution in [3.8, 4) is 0 Å². The third kappa shape index (κ3) is 9.18. The van der Waals surface area contributed by atoms with E-state index in [-0.39, 0.29) is 29.9 Å². The molecule has 1 aliphatic heterocycles. The largest absolute Gasteiger partial charge is 0.350 e. The molecular weight excluding hydrogens is 349 g/mol. The lowest BCUT2D eigenvalue weighted by atomic mass is 10.0. The molecule has 0 saturated carbocycles. The number of nitrogens with zero attached hydrogens (tertiary/aromatic N) is 1. The van der Waals surface area contributed by atoms with Crippen molar-refractivity contribution in [3.63, 3.8) is 0 Å². The fourth-order valence-electron chi connectivity index (χ4n) is 2.63. The van der Waals surface area contributed by atoms with Crippen LogP contribution >= 0.6 is 20.1 Å².